The molecule has 3 heteroatoms. The monoisotopic (exact) mass is 300 g/mol. The van der Waals surface area contributed by atoms with Gasteiger partial charge in [-0.05, 0) is 43.2 Å². The van der Waals surface area contributed by atoms with Gasteiger partial charge in [-0.1, -0.05) is 29.3 Å². The Bertz CT molecular complexity index is 719. The zero-order valence-electron chi connectivity index (χ0n) is 12.2. The minimum Gasteiger partial charge on any atom is -0.493 e. The fraction of sp³-hybridized carbons (Fsp3) is 0.278. The van der Waals surface area contributed by atoms with Crippen molar-refractivity contribution in [2.75, 3.05) is 6.61 Å². The Kier molecular flexibility index (Phi) is 3.73. The molecule has 1 aliphatic heterocycles. The van der Waals surface area contributed by atoms with Crippen molar-refractivity contribution in [2.24, 2.45) is 0 Å². The van der Waals surface area contributed by atoms with Gasteiger partial charge in [0.15, 0.2) is 5.78 Å². The van der Waals surface area contributed by atoms with Crippen molar-refractivity contribution in [3.63, 3.8) is 0 Å². The van der Waals surface area contributed by atoms with Gasteiger partial charge in [0.05, 0.1) is 6.61 Å². The SMILES string of the molecule is Cc1ccc(C)c(C(=O)Cc2cc(Cl)cc3c2OCC3)c1. The van der Waals surface area contributed by atoms with Crippen molar-refractivity contribution in [3.05, 3.63) is 63.2 Å². The molecule has 1 heterocycles. The highest BCUT2D eigenvalue weighted by Gasteiger charge is 2.20. The van der Waals surface area contributed by atoms with Gasteiger partial charge in [-0.25, -0.2) is 0 Å². The number of rotatable bonds is 3. The summed E-state index contributed by atoms with van der Waals surface area (Å²) in [4.78, 5) is 12.6. The van der Waals surface area contributed by atoms with Crippen LogP contribution in [0.5, 0.6) is 5.75 Å². The van der Waals surface area contributed by atoms with E-state index in [4.69, 9.17) is 16.3 Å². The number of carbonyl (C=O) groups is 1. The number of halogens is 1. The Morgan fingerprint density at radius 3 is 2.86 bits per heavy atom. The number of Topliss-reactive ketones (excluding diaryl/α,β-unsaturated/α-hetero) is 1. The molecule has 108 valence electrons. The van der Waals surface area contributed by atoms with Crippen molar-refractivity contribution in [3.8, 4) is 5.75 Å². The highest BCUT2D eigenvalue weighted by molar-refractivity contribution is 6.30. The summed E-state index contributed by atoms with van der Waals surface area (Å²) in [5, 5.41) is 0.669. The van der Waals surface area contributed by atoms with Gasteiger partial charge in [0.25, 0.3) is 0 Å². The average Bonchev–Trinajstić information content (AvgIpc) is 2.89. The lowest BCUT2D eigenvalue weighted by Crippen LogP contribution is -2.07. The summed E-state index contributed by atoms with van der Waals surface area (Å²) >= 11 is 6.15. The first-order valence-electron chi connectivity index (χ1n) is 7.09. The quantitative estimate of drug-likeness (QED) is 0.789. The smallest absolute Gasteiger partial charge is 0.167 e. The van der Waals surface area contributed by atoms with Gasteiger partial charge in [-0.3, -0.25) is 4.79 Å². The Hall–Kier alpha value is -1.80. The Balaban J connectivity index is 1.94. The van der Waals surface area contributed by atoms with E-state index in [1.54, 1.807) is 0 Å². The Morgan fingerprint density at radius 2 is 2.05 bits per heavy atom. The third-order valence-electron chi connectivity index (χ3n) is 3.87. The van der Waals surface area contributed by atoms with Gasteiger partial charge in [0.2, 0.25) is 0 Å². The molecule has 0 N–H and O–H groups in total. The van der Waals surface area contributed by atoms with E-state index >= 15 is 0 Å². The van der Waals surface area contributed by atoms with Gasteiger partial charge in [0, 0.05) is 29.0 Å². The highest BCUT2D eigenvalue weighted by atomic mass is 35.5. The van der Waals surface area contributed by atoms with Crippen LogP contribution in [0.2, 0.25) is 5.02 Å². The van der Waals surface area contributed by atoms with Crippen LogP contribution in [-0.4, -0.2) is 12.4 Å². The maximum absolute atomic E-state index is 12.6. The molecule has 0 amide bonds. The van der Waals surface area contributed by atoms with E-state index in [1.165, 1.54) is 0 Å². The third-order valence-corrected chi connectivity index (χ3v) is 4.09. The van der Waals surface area contributed by atoms with Crippen molar-refractivity contribution < 1.29 is 9.53 Å². The zero-order valence-corrected chi connectivity index (χ0v) is 13.0. The van der Waals surface area contributed by atoms with Crippen LogP contribution in [-0.2, 0) is 12.8 Å². The van der Waals surface area contributed by atoms with E-state index in [9.17, 15) is 4.79 Å². The molecule has 0 aromatic heterocycles. The first kappa shape index (κ1) is 14.2. The molecule has 0 bridgehead atoms. The topological polar surface area (TPSA) is 26.3 Å². The summed E-state index contributed by atoms with van der Waals surface area (Å²) in [6, 6.07) is 9.72. The van der Waals surface area contributed by atoms with E-state index in [0.29, 0.717) is 18.1 Å². The van der Waals surface area contributed by atoms with Gasteiger partial charge < -0.3 is 4.74 Å². The first-order valence-corrected chi connectivity index (χ1v) is 7.47. The van der Waals surface area contributed by atoms with Crippen LogP contribution in [0, 0.1) is 13.8 Å². The fourth-order valence-electron chi connectivity index (χ4n) is 2.78. The maximum atomic E-state index is 12.6. The van der Waals surface area contributed by atoms with Crippen LogP contribution in [0.1, 0.15) is 32.6 Å². The summed E-state index contributed by atoms with van der Waals surface area (Å²) in [7, 11) is 0. The third kappa shape index (κ3) is 2.81. The molecule has 3 rings (SSSR count). The minimum atomic E-state index is 0.108. The fourth-order valence-corrected chi connectivity index (χ4v) is 3.05. The molecule has 0 saturated carbocycles. The number of hydrogen-bond donors (Lipinski definition) is 0. The molecule has 0 saturated heterocycles. The van der Waals surface area contributed by atoms with E-state index < -0.39 is 0 Å². The lowest BCUT2D eigenvalue weighted by Gasteiger charge is -2.10. The van der Waals surface area contributed by atoms with E-state index in [-0.39, 0.29) is 5.78 Å². The van der Waals surface area contributed by atoms with Gasteiger partial charge >= 0.3 is 0 Å². The highest BCUT2D eigenvalue weighted by Crippen LogP contribution is 2.33. The summed E-state index contributed by atoms with van der Waals surface area (Å²) in [5.41, 5.74) is 4.87. The predicted octanol–water partition coefficient (Wildman–Crippen LogP) is 4.32. The number of hydrogen-bond acceptors (Lipinski definition) is 2. The summed E-state index contributed by atoms with van der Waals surface area (Å²) in [6.45, 7) is 4.63. The lowest BCUT2D eigenvalue weighted by molar-refractivity contribution is 0.0991. The number of aryl methyl sites for hydroxylation is 2. The molecule has 2 aromatic rings. The average molecular weight is 301 g/mol. The number of benzene rings is 2. The molecule has 0 spiro atoms. The summed E-state index contributed by atoms with van der Waals surface area (Å²) in [5.74, 6) is 0.953. The number of ketones is 1. The van der Waals surface area contributed by atoms with Crippen LogP contribution < -0.4 is 4.74 Å². The second-order valence-corrected chi connectivity index (χ2v) is 6.01. The second-order valence-electron chi connectivity index (χ2n) is 5.57. The standard InChI is InChI=1S/C18H17ClO2/c1-11-3-4-12(2)16(7-11)17(20)10-14-9-15(19)8-13-5-6-21-18(13)14/h3-4,7-9H,5-6,10H2,1-2H3. The van der Waals surface area contributed by atoms with Crippen LogP contribution >= 0.6 is 11.6 Å². The van der Waals surface area contributed by atoms with Crippen LogP contribution in [0.25, 0.3) is 0 Å². The van der Waals surface area contributed by atoms with Crippen molar-refractivity contribution in [2.45, 2.75) is 26.7 Å². The molecular weight excluding hydrogens is 284 g/mol. The zero-order chi connectivity index (χ0) is 15.0. The van der Waals surface area contributed by atoms with Crippen LogP contribution in [0.15, 0.2) is 30.3 Å². The van der Waals surface area contributed by atoms with Crippen molar-refractivity contribution in [1.82, 2.24) is 0 Å². The molecule has 0 radical (unpaired) electrons. The van der Waals surface area contributed by atoms with E-state index in [2.05, 4.69) is 0 Å². The maximum Gasteiger partial charge on any atom is 0.167 e. The number of ether oxygens (including phenoxy) is 1. The Morgan fingerprint density at radius 1 is 1.24 bits per heavy atom. The summed E-state index contributed by atoms with van der Waals surface area (Å²) < 4.78 is 5.66. The molecule has 1 aliphatic rings. The molecule has 0 fully saturated rings. The number of carbonyl (C=O) groups excluding carboxylic acids is 1. The van der Waals surface area contributed by atoms with Gasteiger partial charge in [-0.2, -0.15) is 0 Å². The van der Waals surface area contributed by atoms with Gasteiger partial charge in [-0.15, -0.1) is 0 Å². The second kappa shape index (κ2) is 5.53. The normalized spacial score (nSPS) is 12.9. The van der Waals surface area contributed by atoms with E-state index in [1.807, 2.05) is 44.2 Å². The van der Waals surface area contributed by atoms with Crippen molar-refractivity contribution in [1.29, 1.82) is 0 Å². The van der Waals surface area contributed by atoms with Crippen molar-refractivity contribution >= 4 is 17.4 Å². The molecule has 0 unspecified atom stereocenters. The molecule has 2 nitrogen and oxygen atoms in total. The van der Waals surface area contributed by atoms with Crippen LogP contribution in [0.3, 0.4) is 0 Å². The van der Waals surface area contributed by atoms with E-state index in [0.717, 1.165) is 40.0 Å². The lowest BCUT2D eigenvalue weighted by atomic mass is 9.96. The largest absolute Gasteiger partial charge is 0.493 e. The molecular formula is C18H17ClO2. The molecule has 21 heavy (non-hydrogen) atoms. The van der Waals surface area contributed by atoms with Crippen LogP contribution in [0.4, 0.5) is 0 Å². The Labute approximate surface area is 129 Å². The summed E-state index contributed by atoms with van der Waals surface area (Å²) in [6.07, 6.45) is 1.19. The molecule has 2 aromatic carbocycles. The van der Waals surface area contributed by atoms with Gasteiger partial charge in [0.1, 0.15) is 5.75 Å². The molecule has 0 atom stereocenters. The minimum absolute atomic E-state index is 0.108. The predicted molar refractivity (Wildman–Crippen MR) is 84.6 cm³/mol. The molecule has 0 aliphatic carbocycles. The number of fused-ring (bicyclic) bond motifs is 1. The first-order chi connectivity index (χ1) is 10.0.